The van der Waals surface area contributed by atoms with Gasteiger partial charge in [-0.1, -0.05) is 18.9 Å². The number of carbonyl (C=O) groups is 3. The van der Waals surface area contributed by atoms with Gasteiger partial charge in [-0.3, -0.25) is 14.5 Å². The zero-order chi connectivity index (χ0) is 25.7. The number of ether oxygens (including phenoxy) is 3. The van der Waals surface area contributed by atoms with Crippen LogP contribution < -0.4 is 14.8 Å². The number of hydrogen-bond acceptors (Lipinski definition) is 6. The van der Waals surface area contributed by atoms with Crippen LogP contribution in [0.2, 0.25) is 0 Å². The minimum absolute atomic E-state index is 0.0407. The number of nitrogens with one attached hydrogen (secondary N) is 1. The topological polar surface area (TPSA) is 97.4 Å². The van der Waals surface area contributed by atoms with Crippen molar-refractivity contribution in [2.24, 2.45) is 5.92 Å². The first kappa shape index (κ1) is 23.7. The van der Waals surface area contributed by atoms with Crippen molar-refractivity contribution in [2.45, 2.75) is 50.5 Å². The Balaban J connectivity index is 1.27. The summed E-state index contributed by atoms with van der Waals surface area (Å²) < 4.78 is 44.3. The fourth-order valence-electron chi connectivity index (χ4n) is 5.78. The van der Waals surface area contributed by atoms with Crippen LogP contribution in [0.15, 0.2) is 36.4 Å². The molecule has 2 aromatic rings. The van der Waals surface area contributed by atoms with Crippen molar-refractivity contribution in [3.63, 3.8) is 0 Å². The van der Waals surface area contributed by atoms with Gasteiger partial charge in [0, 0.05) is 12.0 Å². The van der Waals surface area contributed by atoms with E-state index in [9.17, 15) is 23.2 Å². The highest BCUT2D eigenvalue weighted by Crippen LogP contribution is 2.43. The number of hydrogen-bond donors (Lipinski definition) is 1. The van der Waals surface area contributed by atoms with Crippen LogP contribution in [0.5, 0.6) is 11.5 Å². The Bertz CT molecular complexity index is 1270. The van der Waals surface area contributed by atoms with Gasteiger partial charge in [0.05, 0.1) is 24.4 Å². The summed E-state index contributed by atoms with van der Waals surface area (Å²) >= 11 is 0. The number of anilines is 1. The summed E-state index contributed by atoms with van der Waals surface area (Å²) in [5.41, 5.74) is 0.455. The standard InChI is InChI=1S/C26H25F2N3O6/c27-15-6-7-18(17(28)10-15)29-22(32)12-30-23-16-3-1-2-4-19(16)37-24(23)25(33)31(26(30)34)11-14-5-8-20-21(9-14)36-13-35-20/h5-10,16,19,23-24H,1-4,11-13H2,(H,29,32). The van der Waals surface area contributed by atoms with E-state index in [4.69, 9.17) is 14.2 Å². The van der Waals surface area contributed by atoms with Gasteiger partial charge in [0.25, 0.3) is 5.91 Å². The molecule has 37 heavy (non-hydrogen) atoms. The number of nitrogens with zero attached hydrogens (tertiary/aromatic N) is 2. The molecular formula is C26H25F2N3O6. The third kappa shape index (κ3) is 4.26. The number of benzene rings is 2. The van der Waals surface area contributed by atoms with E-state index in [0.29, 0.717) is 23.1 Å². The first-order chi connectivity index (χ1) is 17.9. The summed E-state index contributed by atoms with van der Waals surface area (Å²) in [6.45, 7) is -0.354. The largest absolute Gasteiger partial charge is 0.454 e. The summed E-state index contributed by atoms with van der Waals surface area (Å²) in [6.07, 6.45) is 2.40. The van der Waals surface area contributed by atoms with E-state index in [0.717, 1.165) is 42.7 Å². The molecular weight excluding hydrogens is 488 g/mol. The van der Waals surface area contributed by atoms with Gasteiger partial charge in [0.15, 0.2) is 17.6 Å². The summed E-state index contributed by atoms with van der Waals surface area (Å²) in [5.74, 6) is -1.77. The van der Waals surface area contributed by atoms with Gasteiger partial charge in [-0.2, -0.15) is 0 Å². The normalized spacial score (nSPS) is 26.2. The number of fused-ring (bicyclic) bond motifs is 4. The molecule has 0 spiro atoms. The summed E-state index contributed by atoms with van der Waals surface area (Å²) in [7, 11) is 0. The average Bonchev–Trinajstić information content (AvgIpc) is 3.51. The predicted molar refractivity (Wildman–Crippen MR) is 125 cm³/mol. The molecule has 0 radical (unpaired) electrons. The van der Waals surface area contributed by atoms with Gasteiger partial charge in [-0.15, -0.1) is 0 Å². The number of imide groups is 1. The van der Waals surface area contributed by atoms with Gasteiger partial charge in [0.2, 0.25) is 12.7 Å². The molecule has 1 saturated carbocycles. The molecule has 9 nitrogen and oxygen atoms in total. The molecule has 4 aliphatic rings. The Kier molecular flexibility index (Phi) is 5.94. The lowest BCUT2D eigenvalue weighted by molar-refractivity contribution is -0.147. The van der Waals surface area contributed by atoms with E-state index < -0.39 is 48.2 Å². The van der Waals surface area contributed by atoms with Crippen molar-refractivity contribution < 1.29 is 37.4 Å². The van der Waals surface area contributed by atoms with Crippen molar-refractivity contribution in [3.8, 4) is 11.5 Å². The predicted octanol–water partition coefficient (Wildman–Crippen LogP) is 3.42. The molecule has 3 fully saturated rings. The van der Waals surface area contributed by atoms with Crippen molar-refractivity contribution in [3.05, 3.63) is 53.6 Å². The quantitative estimate of drug-likeness (QED) is 0.658. The minimum atomic E-state index is -0.924. The van der Waals surface area contributed by atoms with Crippen molar-refractivity contribution in [1.29, 1.82) is 0 Å². The smallest absolute Gasteiger partial charge is 0.327 e. The van der Waals surface area contributed by atoms with Crippen LogP contribution in [0, 0.1) is 17.6 Å². The number of amides is 4. The van der Waals surface area contributed by atoms with E-state index in [2.05, 4.69) is 5.32 Å². The van der Waals surface area contributed by atoms with Crippen LogP contribution in [-0.2, 0) is 20.9 Å². The molecule has 4 unspecified atom stereocenters. The van der Waals surface area contributed by atoms with Crippen LogP contribution in [0.4, 0.5) is 19.3 Å². The lowest BCUT2D eigenvalue weighted by Gasteiger charge is -2.43. The Hall–Kier alpha value is -3.73. The molecule has 4 amide bonds. The minimum Gasteiger partial charge on any atom is -0.454 e. The second kappa shape index (κ2) is 9.29. The van der Waals surface area contributed by atoms with Crippen molar-refractivity contribution in [2.75, 3.05) is 18.7 Å². The second-order valence-corrected chi connectivity index (χ2v) is 9.73. The van der Waals surface area contributed by atoms with Crippen molar-refractivity contribution >= 4 is 23.5 Å². The maximum atomic E-state index is 14.1. The average molecular weight is 513 g/mol. The van der Waals surface area contributed by atoms with Crippen LogP contribution >= 0.6 is 0 Å². The highest BCUT2D eigenvalue weighted by molar-refractivity contribution is 6.02. The highest BCUT2D eigenvalue weighted by Gasteiger charge is 2.57. The molecule has 6 rings (SSSR count). The third-order valence-corrected chi connectivity index (χ3v) is 7.47. The third-order valence-electron chi connectivity index (χ3n) is 7.47. The summed E-state index contributed by atoms with van der Waals surface area (Å²) in [6, 6.07) is 6.76. The molecule has 3 aliphatic heterocycles. The zero-order valence-electron chi connectivity index (χ0n) is 19.8. The summed E-state index contributed by atoms with van der Waals surface area (Å²) in [4.78, 5) is 42.6. The molecule has 2 saturated heterocycles. The van der Waals surface area contributed by atoms with Gasteiger partial charge in [0.1, 0.15) is 18.2 Å². The highest BCUT2D eigenvalue weighted by atomic mass is 19.1. The molecule has 3 heterocycles. The molecule has 194 valence electrons. The Morgan fingerprint density at radius 2 is 1.84 bits per heavy atom. The summed E-state index contributed by atoms with van der Waals surface area (Å²) in [5, 5.41) is 2.41. The Labute approximate surface area is 211 Å². The molecule has 0 aromatic heterocycles. The number of halogens is 2. The molecule has 1 N–H and O–H groups in total. The maximum Gasteiger partial charge on any atom is 0.327 e. The monoisotopic (exact) mass is 513 g/mol. The number of urea groups is 1. The molecule has 4 atom stereocenters. The van der Waals surface area contributed by atoms with Crippen LogP contribution in [0.1, 0.15) is 31.2 Å². The Morgan fingerprint density at radius 1 is 1.03 bits per heavy atom. The fourth-order valence-corrected chi connectivity index (χ4v) is 5.78. The lowest BCUT2D eigenvalue weighted by atomic mass is 9.81. The zero-order valence-corrected chi connectivity index (χ0v) is 19.8. The fraction of sp³-hybridized carbons (Fsp3) is 0.423. The number of carbonyl (C=O) groups excluding carboxylic acids is 3. The van der Waals surface area contributed by atoms with Crippen molar-refractivity contribution in [1.82, 2.24) is 9.80 Å². The van der Waals surface area contributed by atoms with Gasteiger partial charge < -0.3 is 24.4 Å². The van der Waals surface area contributed by atoms with Gasteiger partial charge in [-0.05, 0) is 42.7 Å². The molecule has 2 aromatic carbocycles. The first-order valence-electron chi connectivity index (χ1n) is 12.3. The molecule has 1 aliphatic carbocycles. The SMILES string of the molecule is O=C(CN1C(=O)N(Cc2ccc3c(c2)OCO3)C(=O)C2OC3CCCCC3C21)Nc1ccc(F)cc1F. The van der Waals surface area contributed by atoms with E-state index in [1.807, 2.05) is 0 Å². The van der Waals surface area contributed by atoms with Gasteiger partial charge in [-0.25, -0.2) is 13.6 Å². The van der Waals surface area contributed by atoms with Gasteiger partial charge >= 0.3 is 6.03 Å². The van der Waals surface area contributed by atoms with Crippen LogP contribution in [0.3, 0.4) is 0 Å². The van der Waals surface area contributed by atoms with E-state index in [1.54, 1.807) is 18.2 Å². The maximum absolute atomic E-state index is 14.1. The van der Waals surface area contributed by atoms with E-state index in [-0.39, 0.29) is 31.0 Å². The lowest BCUT2D eigenvalue weighted by Crippen LogP contribution is -2.65. The van der Waals surface area contributed by atoms with E-state index in [1.165, 1.54) is 4.90 Å². The number of rotatable bonds is 5. The van der Waals surface area contributed by atoms with Crippen LogP contribution in [-0.4, -0.2) is 59.2 Å². The van der Waals surface area contributed by atoms with Crippen LogP contribution in [0.25, 0.3) is 0 Å². The molecule has 11 heteroatoms. The Morgan fingerprint density at radius 3 is 2.68 bits per heavy atom. The van der Waals surface area contributed by atoms with E-state index >= 15 is 0 Å². The first-order valence-corrected chi connectivity index (χ1v) is 12.3. The second-order valence-electron chi connectivity index (χ2n) is 9.73. The molecule has 0 bridgehead atoms.